The summed E-state index contributed by atoms with van der Waals surface area (Å²) in [7, 11) is 1.57. The van der Waals surface area contributed by atoms with Gasteiger partial charge in [-0.2, -0.15) is 0 Å². The second kappa shape index (κ2) is 5.74. The van der Waals surface area contributed by atoms with Crippen LogP contribution in [-0.4, -0.2) is 12.0 Å². The van der Waals surface area contributed by atoms with E-state index in [1.54, 1.807) is 13.2 Å². The summed E-state index contributed by atoms with van der Waals surface area (Å²) >= 11 is 0. The maximum absolute atomic E-state index is 11.2. The molecule has 2 aromatic rings. The molecule has 0 atom stereocenters. The van der Waals surface area contributed by atoms with Crippen LogP contribution < -0.4 is 4.74 Å². The molecule has 0 bridgehead atoms. The Bertz CT molecular complexity index is 674. The summed E-state index contributed by atoms with van der Waals surface area (Å²) in [4.78, 5) is 10.8. The molecule has 104 valence electrons. The smallest absolute Gasteiger partial charge is 0.249 e. The van der Waals surface area contributed by atoms with Crippen LogP contribution in [0.3, 0.4) is 0 Å². The molecular weight excluding hydrogens is 254 g/mol. The highest BCUT2D eigenvalue weighted by molar-refractivity contribution is 5.93. The van der Waals surface area contributed by atoms with Gasteiger partial charge in [0, 0.05) is 17.6 Å². The van der Waals surface area contributed by atoms with Crippen molar-refractivity contribution in [3.63, 3.8) is 0 Å². The first-order valence-corrected chi connectivity index (χ1v) is 6.46. The standard InChI is InChI=1S/C16H17NO3/c1-11(2)15(17(18)19)10-14-13-7-5-4-6-12(13)8-9-16(14)20-3/h4-11H,1-3H3/b15-10-. The predicted molar refractivity (Wildman–Crippen MR) is 80.3 cm³/mol. The van der Waals surface area contributed by atoms with E-state index in [0.717, 1.165) is 16.3 Å². The zero-order valence-electron chi connectivity index (χ0n) is 11.8. The topological polar surface area (TPSA) is 52.4 Å². The molecule has 0 aliphatic heterocycles. The second-order valence-corrected chi connectivity index (χ2v) is 4.88. The number of allylic oxidation sites excluding steroid dienone is 1. The lowest BCUT2D eigenvalue weighted by Crippen LogP contribution is -2.05. The summed E-state index contributed by atoms with van der Waals surface area (Å²) in [6.45, 7) is 3.62. The quantitative estimate of drug-likeness (QED) is 0.620. The van der Waals surface area contributed by atoms with Crippen molar-refractivity contribution < 1.29 is 9.66 Å². The highest BCUT2D eigenvalue weighted by atomic mass is 16.6. The first kappa shape index (κ1) is 14.1. The molecule has 4 heteroatoms. The van der Waals surface area contributed by atoms with Gasteiger partial charge in [-0.15, -0.1) is 0 Å². The third kappa shape index (κ3) is 2.64. The van der Waals surface area contributed by atoms with Gasteiger partial charge < -0.3 is 4.74 Å². The number of nitro groups is 1. The van der Waals surface area contributed by atoms with Crippen molar-refractivity contribution >= 4 is 16.8 Å². The molecule has 0 N–H and O–H groups in total. The van der Waals surface area contributed by atoms with Gasteiger partial charge in [0.25, 0.3) is 0 Å². The minimum atomic E-state index is -0.328. The summed E-state index contributed by atoms with van der Waals surface area (Å²) in [5, 5.41) is 13.2. The molecule has 2 rings (SSSR count). The molecule has 20 heavy (non-hydrogen) atoms. The van der Waals surface area contributed by atoms with Gasteiger partial charge in [-0.3, -0.25) is 10.1 Å². The van der Waals surface area contributed by atoms with Gasteiger partial charge >= 0.3 is 0 Å². The lowest BCUT2D eigenvalue weighted by molar-refractivity contribution is -0.431. The molecule has 0 saturated heterocycles. The van der Waals surface area contributed by atoms with Crippen LogP contribution in [0, 0.1) is 16.0 Å². The van der Waals surface area contributed by atoms with E-state index in [2.05, 4.69) is 0 Å². The van der Waals surface area contributed by atoms with Gasteiger partial charge in [-0.1, -0.05) is 44.2 Å². The number of fused-ring (bicyclic) bond motifs is 1. The van der Waals surface area contributed by atoms with Crippen molar-refractivity contribution in [3.8, 4) is 5.75 Å². The number of ether oxygens (including phenoxy) is 1. The Morgan fingerprint density at radius 1 is 1.25 bits per heavy atom. The SMILES string of the molecule is COc1ccc2ccccc2c1/C=C(/C(C)C)[N+](=O)[O-]. The van der Waals surface area contributed by atoms with E-state index in [-0.39, 0.29) is 16.5 Å². The number of methoxy groups -OCH3 is 1. The minimum absolute atomic E-state index is 0.159. The average Bonchev–Trinajstić information content (AvgIpc) is 2.43. The third-order valence-electron chi connectivity index (χ3n) is 3.25. The first-order chi connectivity index (χ1) is 9.54. The fourth-order valence-electron chi connectivity index (χ4n) is 2.18. The van der Waals surface area contributed by atoms with Gasteiger partial charge in [0.2, 0.25) is 5.70 Å². The van der Waals surface area contributed by atoms with E-state index < -0.39 is 0 Å². The molecular formula is C16H17NO3. The van der Waals surface area contributed by atoms with Crippen molar-refractivity contribution in [2.75, 3.05) is 7.11 Å². The van der Waals surface area contributed by atoms with E-state index in [9.17, 15) is 10.1 Å². The van der Waals surface area contributed by atoms with E-state index >= 15 is 0 Å². The highest BCUT2D eigenvalue weighted by Gasteiger charge is 2.18. The molecule has 0 radical (unpaired) electrons. The number of hydrogen-bond acceptors (Lipinski definition) is 3. The average molecular weight is 271 g/mol. The van der Waals surface area contributed by atoms with Gasteiger partial charge in [0.15, 0.2) is 0 Å². The number of benzene rings is 2. The Morgan fingerprint density at radius 3 is 2.55 bits per heavy atom. The monoisotopic (exact) mass is 271 g/mol. The molecule has 0 fully saturated rings. The van der Waals surface area contributed by atoms with Gasteiger partial charge in [0.1, 0.15) is 5.75 Å². The molecule has 0 aromatic heterocycles. The van der Waals surface area contributed by atoms with Crippen molar-refractivity contribution in [2.24, 2.45) is 5.92 Å². The minimum Gasteiger partial charge on any atom is -0.496 e. The number of hydrogen-bond donors (Lipinski definition) is 0. The van der Waals surface area contributed by atoms with Crippen LogP contribution in [-0.2, 0) is 0 Å². The molecule has 0 unspecified atom stereocenters. The van der Waals surface area contributed by atoms with Gasteiger partial charge in [0.05, 0.1) is 12.0 Å². The molecule has 0 amide bonds. The molecule has 0 aliphatic carbocycles. The van der Waals surface area contributed by atoms with E-state index in [1.807, 2.05) is 50.2 Å². The zero-order chi connectivity index (χ0) is 14.7. The second-order valence-electron chi connectivity index (χ2n) is 4.88. The summed E-state index contributed by atoms with van der Waals surface area (Å²) in [6.07, 6.45) is 1.62. The van der Waals surface area contributed by atoms with Crippen molar-refractivity contribution in [1.82, 2.24) is 0 Å². The largest absolute Gasteiger partial charge is 0.496 e. The zero-order valence-corrected chi connectivity index (χ0v) is 11.8. The predicted octanol–water partition coefficient (Wildman–Crippen LogP) is 4.12. The van der Waals surface area contributed by atoms with E-state index in [1.165, 1.54) is 0 Å². The molecule has 0 aliphatic rings. The molecule has 4 nitrogen and oxygen atoms in total. The number of nitrogens with zero attached hydrogens (tertiary/aromatic N) is 1. The van der Waals surface area contributed by atoms with Crippen LogP contribution >= 0.6 is 0 Å². The Hall–Kier alpha value is -2.36. The molecule has 0 saturated carbocycles. The summed E-state index contributed by atoms with van der Waals surface area (Å²) in [5.74, 6) is 0.484. The van der Waals surface area contributed by atoms with Crippen LogP contribution in [0.2, 0.25) is 0 Å². The van der Waals surface area contributed by atoms with E-state index in [4.69, 9.17) is 4.74 Å². The van der Waals surface area contributed by atoms with Crippen molar-refractivity contribution in [1.29, 1.82) is 0 Å². The molecule has 2 aromatic carbocycles. The van der Waals surface area contributed by atoms with Crippen LogP contribution in [0.4, 0.5) is 0 Å². The summed E-state index contributed by atoms with van der Waals surface area (Å²) in [6, 6.07) is 11.6. The molecule has 0 spiro atoms. The Labute approximate surface area is 117 Å². The lowest BCUT2D eigenvalue weighted by atomic mass is 10.0. The van der Waals surface area contributed by atoms with Gasteiger partial charge in [-0.25, -0.2) is 0 Å². The highest BCUT2D eigenvalue weighted by Crippen LogP contribution is 2.31. The summed E-state index contributed by atoms with van der Waals surface area (Å²) < 4.78 is 5.35. The maximum atomic E-state index is 11.2. The fourth-order valence-corrected chi connectivity index (χ4v) is 2.18. The van der Waals surface area contributed by atoms with Crippen LogP contribution in [0.15, 0.2) is 42.1 Å². The normalized spacial score (nSPS) is 11.9. The third-order valence-corrected chi connectivity index (χ3v) is 3.25. The Morgan fingerprint density at radius 2 is 1.95 bits per heavy atom. The maximum Gasteiger partial charge on any atom is 0.249 e. The van der Waals surface area contributed by atoms with Crippen LogP contribution in [0.5, 0.6) is 5.75 Å². The lowest BCUT2D eigenvalue weighted by Gasteiger charge is -2.10. The first-order valence-electron chi connectivity index (χ1n) is 6.46. The Balaban J connectivity index is 2.74. The summed E-state index contributed by atoms with van der Waals surface area (Å²) in [5.41, 5.74) is 0.936. The molecule has 0 heterocycles. The Kier molecular flexibility index (Phi) is 4.03. The van der Waals surface area contributed by atoms with E-state index in [0.29, 0.717) is 5.75 Å². The van der Waals surface area contributed by atoms with Crippen molar-refractivity contribution in [2.45, 2.75) is 13.8 Å². The van der Waals surface area contributed by atoms with Gasteiger partial charge in [-0.05, 0) is 16.8 Å². The van der Waals surface area contributed by atoms with Crippen LogP contribution in [0.1, 0.15) is 19.4 Å². The number of rotatable bonds is 4. The fraction of sp³-hybridized carbons (Fsp3) is 0.250. The van der Waals surface area contributed by atoms with Crippen molar-refractivity contribution in [3.05, 3.63) is 57.8 Å². The van der Waals surface area contributed by atoms with Crippen LogP contribution in [0.25, 0.3) is 16.8 Å².